The third-order valence-corrected chi connectivity index (χ3v) is 1.91. The predicted octanol–water partition coefficient (Wildman–Crippen LogP) is -1.07. The molecular weight excluding hydrogens is 210 g/mol. The first-order valence-corrected chi connectivity index (χ1v) is 4.90. The second kappa shape index (κ2) is 5.32. The molecule has 0 aliphatic carbocycles. The van der Waals surface area contributed by atoms with Crippen LogP contribution in [0.15, 0.2) is 23.1 Å². The van der Waals surface area contributed by atoms with E-state index < -0.39 is 6.10 Å². The summed E-state index contributed by atoms with van der Waals surface area (Å²) in [5, 5.41) is 11.5. The van der Waals surface area contributed by atoms with E-state index in [4.69, 9.17) is 10.8 Å². The van der Waals surface area contributed by atoms with Crippen LogP contribution in [0.1, 0.15) is 6.92 Å². The Bertz CT molecular complexity index is 426. The highest BCUT2D eigenvalue weighted by Gasteiger charge is 2.05. The molecule has 0 aliphatic rings. The number of rotatable bonds is 4. The Labute approximate surface area is 92.7 Å². The van der Waals surface area contributed by atoms with Gasteiger partial charge in [-0.1, -0.05) is 0 Å². The number of pyridine rings is 1. The number of aliphatic hydroxyl groups is 1. The van der Waals surface area contributed by atoms with Crippen molar-refractivity contribution < 1.29 is 9.90 Å². The molecule has 4 N–H and O–H groups in total. The van der Waals surface area contributed by atoms with Crippen LogP contribution >= 0.6 is 0 Å². The maximum atomic E-state index is 11.4. The molecule has 0 aromatic carbocycles. The van der Waals surface area contributed by atoms with E-state index in [1.165, 1.54) is 22.9 Å². The van der Waals surface area contributed by atoms with Gasteiger partial charge in [-0.3, -0.25) is 9.59 Å². The Balaban J connectivity index is 2.62. The minimum absolute atomic E-state index is 0.101. The Morgan fingerprint density at radius 1 is 1.62 bits per heavy atom. The van der Waals surface area contributed by atoms with Gasteiger partial charge in [0, 0.05) is 24.5 Å². The Morgan fingerprint density at radius 3 is 2.94 bits per heavy atom. The van der Waals surface area contributed by atoms with Crippen molar-refractivity contribution in [3.63, 3.8) is 0 Å². The smallest absolute Gasteiger partial charge is 0.251 e. The highest BCUT2D eigenvalue weighted by atomic mass is 16.3. The van der Waals surface area contributed by atoms with E-state index in [9.17, 15) is 9.59 Å². The van der Waals surface area contributed by atoms with E-state index in [0.717, 1.165) is 0 Å². The lowest BCUT2D eigenvalue weighted by Gasteiger charge is -2.08. The van der Waals surface area contributed by atoms with Crippen LogP contribution in [0, 0.1) is 0 Å². The molecule has 6 nitrogen and oxygen atoms in total. The van der Waals surface area contributed by atoms with Crippen molar-refractivity contribution in [2.24, 2.45) is 0 Å². The summed E-state index contributed by atoms with van der Waals surface area (Å²) in [6.45, 7) is 1.62. The fourth-order valence-electron chi connectivity index (χ4n) is 1.15. The van der Waals surface area contributed by atoms with Gasteiger partial charge in [-0.2, -0.15) is 0 Å². The molecule has 1 aromatic heterocycles. The zero-order valence-electron chi connectivity index (χ0n) is 9.01. The molecule has 0 aliphatic heterocycles. The molecule has 16 heavy (non-hydrogen) atoms. The van der Waals surface area contributed by atoms with Crippen LogP contribution in [0.2, 0.25) is 0 Å². The van der Waals surface area contributed by atoms with E-state index in [1.54, 1.807) is 6.92 Å². The zero-order valence-corrected chi connectivity index (χ0v) is 9.01. The van der Waals surface area contributed by atoms with Gasteiger partial charge < -0.3 is 20.7 Å². The van der Waals surface area contributed by atoms with Crippen LogP contribution in [-0.4, -0.2) is 28.2 Å². The number of nitrogens with zero attached hydrogens (tertiary/aromatic N) is 1. The van der Waals surface area contributed by atoms with Crippen molar-refractivity contribution in [1.82, 2.24) is 9.88 Å². The van der Waals surface area contributed by atoms with E-state index in [0.29, 0.717) is 5.69 Å². The first-order chi connectivity index (χ1) is 7.49. The maximum absolute atomic E-state index is 11.4. The fourth-order valence-corrected chi connectivity index (χ4v) is 1.15. The molecule has 0 spiro atoms. The number of carbonyl (C=O) groups is 1. The summed E-state index contributed by atoms with van der Waals surface area (Å²) >= 11 is 0. The maximum Gasteiger partial charge on any atom is 0.251 e. The number of anilines is 1. The summed E-state index contributed by atoms with van der Waals surface area (Å²) in [7, 11) is 0. The number of nitrogens with two attached hydrogens (primary N) is 1. The average Bonchev–Trinajstić information content (AvgIpc) is 2.20. The lowest BCUT2D eigenvalue weighted by molar-refractivity contribution is -0.122. The summed E-state index contributed by atoms with van der Waals surface area (Å²) in [4.78, 5) is 22.7. The fraction of sp³-hybridized carbons (Fsp3) is 0.400. The molecular formula is C10H15N3O3. The SMILES string of the molecule is C[C@H](O)CNC(=O)Cn1cc(N)ccc1=O. The molecule has 0 radical (unpaired) electrons. The van der Waals surface area contributed by atoms with E-state index >= 15 is 0 Å². The largest absolute Gasteiger partial charge is 0.398 e. The van der Waals surface area contributed by atoms with Crippen LogP contribution in [0.5, 0.6) is 0 Å². The van der Waals surface area contributed by atoms with E-state index in [-0.39, 0.29) is 24.6 Å². The van der Waals surface area contributed by atoms with Crippen molar-refractivity contribution in [2.45, 2.75) is 19.6 Å². The molecule has 6 heteroatoms. The summed E-state index contributed by atoms with van der Waals surface area (Å²) in [6, 6.07) is 2.78. The molecule has 1 rings (SSSR count). The lowest BCUT2D eigenvalue weighted by Crippen LogP contribution is -2.35. The molecule has 1 aromatic rings. The number of carbonyl (C=O) groups excluding carboxylic acids is 1. The number of nitrogens with one attached hydrogen (secondary N) is 1. The highest BCUT2D eigenvalue weighted by molar-refractivity contribution is 5.75. The second-order valence-electron chi connectivity index (χ2n) is 3.58. The Morgan fingerprint density at radius 2 is 2.31 bits per heavy atom. The highest BCUT2D eigenvalue weighted by Crippen LogP contribution is 1.95. The zero-order chi connectivity index (χ0) is 12.1. The molecule has 0 unspecified atom stereocenters. The first-order valence-electron chi connectivity index (χ1n) is 4.90. The second-order valence-corrected chi connectivity index (χ2v) is 3.58. The predicted molar refractivity (Wildman–Crippen MR) is 59.8 cm³/mol. The molecule has 0 saturated heterocycles. The average molecular weight is 225 g/mol. The quantitative estimate of drug-likeness (QED) is 0.607. The number of aliphatic hydroxyl groups excluding tert-OH is 1. The summed E-state index contributed by atoms with van der Waals surface area (Å²) in [5.41, 5.74) is 5.62. The van der Waals surface area contributed by atoms with Gasteiger partial charge >= 0.3 is 0 Å². The third-order valence-electron chi connectivity index (χ3n) is 1.91. The van der Waals surface area contributed by atoms with Gasteiger partial charge in [0.2, 0.25) is 5.91 Å². The molecule has 1 atom stereocenters. The number of amides is 1. The normalized spacial score (nSPS) is 12.1. The van der Waals surface area contributed by atoms with Crippen molar-refractivity contribution in [3.8, 4) is 0 Å². The van der Waals surface area contributed by atoms with Crippen LogP contribution in [0.25, 0.3) is 0 Å². The molecule has 1 heterocycles. The van der Waals surface area contributed by atoms with Crippen molar-refractivity contribution in [3.05, 3.63) is 28.7 Å². The summed E-state index contributed by atoms with van der Waals surface area (Å²) in [6.07, 6.45) is 0.797. The van der Waals surface area contributed by atoms with Gasteiger partial charge in [-0.05, 0) is 13.0 Å². The third kappa shape index (κ3) is 3.74. The number of hydrogen-bond donors (Lipinski definition) is 3. The first kappa shape index (κ1) is 12.3. The van der Waals surface area contributed by atoms with Crippen LogP contribution < -0.4 is 16.6 Å². The number of hydrogen-bond acceptors (Lipinski definition) is 4. The molecule has 0 saturated carbocycles. The van der Waals surface area contributed by atoms with Crippen molar-refractivity contribution >= 4 is 11.6 Å². The standard InChI is InChI=1S/C10H15N3O3/c1-7(14)4-12-9(15)6-13-5-8(11)2-3-10(13)16/h2-3,5,7,14H,4,6,11H2,1H3,(H,12,15)/t7-/m0/s1. The van der Waals surface area contributed by atoms with Gasteiger partial charge in [-0.15, -0.1) is 0 Å². The van der Waals surface area contributed by atoms with Crippen molar-refractivity contribution in [1.29, 1.82) is 0 Å². The lowest BCUT2D eigenvalue weighted by atomic mass is 10.4. The molecule has 1 amide bonds. The molecule has 0 fully saturated rings. The number of aromatic nitrogens is 1. The van der Waals surface area contributed by atoms with Gasteiger partial charge in [0.25, 0.3) is 5.56 Å². The van der Waals surface area contributed by atoms with Gasteiger partial charge in [0.1, 0.15) is 6.54 Å². The molecule has 88 valence electrons. The number of nitrogen functional groups attached to an aromatic ring is 1. The van der Waals surface area contributed by atoms with Crippen LogP contribution in [-0.2, 0) is 11.3 Å². The minimum atomic E-state index is -0.610. The topological polar surface area (TPSA) is 97.3 Å². The van der Waals surface area contributed by atoms with E-state index in [2.05, 4.69) is 5.32 Å². The molecule has 0 bridgehead atoms. The van der Waals surface area contributed by atoms with Gasteiger partial charge in [-0.25, -0.2) is 0 Å². The van der Waals surface area contributed by atoms with E-state index in [1.807, 2.05) is 0 Å². The van der Waals surface area contributed by atoms with Gasteiger partial charge in [0.15, 0.2) is 0 Å². The Hall–Kier alpha value is -1.82. The monoisotopic (exact) mass is 225 g/mol. The minimum Gasteiger partial charge on any atom is -0.398 e. The van der Waals surface area contributed by atoms with Crippen LogP contribution in [0.4, 0.5) is 5.69 Å². The Kier molecular flexibility index (Phi) is 4.07. The van der Waals surface area contributed by atoms with Gasteiger partial charge in [0.05, 0.1) is 6.10 Å². The summed E-state index contributed by atoms with van der Waals surface area (Å²) < 4.78 is 1.21. The summed E-state index contributed by atoms with van der Waals surface area (Å²) in [5.74, 6) is -0.339. The van der Waals surface area contributed by atoms with Crippen LogP contribution in [0.3, 0.4) is 0 Å². The van der Waals surface area contributed by atoms with Crippen molar-refractivity contribution in [2.75, 3.05) is 12.3 Å².